The number of rotatable bonds is 7. The normalized spacial score (nSPS) is 13.6. The van der Waals surface area contributed by atoms with Crippen LogP contribution in [0.5, 0.6) is 0 Å². The number of benzene rings is 4. The van der Waals surface area contributed by atoms with E-state index in [1.165, 1.54) is 40.8 Å². The quantitative estimate of drug-likeness (QED) is 0.281. The molecule has 0 fully saturated rings. The molecule has 0 heterocycles. The molecule has 36 heavy (non-hydrogen) atoms. The number of allylic oxidation sites excluding steroid dienone is 4. The van der Waals surface area contributed by atoms with Gasteiger partial charge in [-0.05, 0) is 0 Å². The Kier molecular flexibility index (Phi) is 9.42. The Morgan fingerprint density at radius 3 is 1.61 bits per heavy atom. The van der Waals surface area contributed by atoms with Crippen LogP contribution in [0.4, 0.5) is 0 Å². The molecule has 0 saturated heterocycles. The Bertz CT molecular complexity index is 1280. The Hall–Kier alpha value is -1.96. The first-order valence-electron chi connectivity index (χ1n) is 12.3. The maximum absolute atomic E-state index is 2.53. The van der Waals surface area contributed by atoms with Crippen LogP contribution in [-0.4, -0.2) is 8.80 Å². The molecule has 0 saturated carbocycles. The molecule has 0 spiro atoms. The summed E-state index contributed by atoms with van der Waals surface area (Å²) in [5, 5.41) is 1.78. The van der Waals surface area contributed by atoms with Crippen molar-refractivity contribution in [1.82, 2.24) is 0 Å². The van der Waals surface area contributed by atoms with Crippen LogP contribution in [0.15, 0.2) is 130 Å². The second kappa shape index (κ2) is 12.5. The maximum atomic E-state index is 2.53. The van der Waals surface area contributed by atoms with Gasteiger partial charge in [-0.25, -0.2) is 0 Å². The van der Waals surface area contributed by atoms with Crippen molar-refractivity contribution in [2.45, 2.75) is 22.1 Å². The number of halogens is 2. The zero-order valence-electron chi connectivity index (χ0n) is 20.1. The average Bonchev–Trinajstić information content (AvgIpc) is 3.48. The van der Waals surface area contributed by atoms with Crippen molar-refractivity contribution in [3.05, 3.63) is 152 Å². The fourth-order valence-electron chi connectivity index (χ4n) is 5.62. The van der Waals surface area contributed by atoms with Crippen LogP contribution < -0.4 is 24.8 Å². The van der Waals surface area contributed by atoms with E-state index in [0.717, 1.165) is 0 Å². The molecule has 0 unspecified atom stereocenters. The van der Waals surface area contributed by atoms with Crippen molar-refractivity contribution in [2.24, 2.45) is 0 Å². The van der Waals surface area contributed by atoms with E-state index in [1.807, 2.05) is 3.28 Å². The van der Waals surface area contributed by atoms with Crippen LogP contribution in [0.1, 0.15) is 32.3 Å². The molecule has 6 rings (SSSR count). The Morgan fingerprint density at radius 1 is 0.611 bits per heavy atom. The van der Waals surface area contributed by atoms with Gasteiger partial charge in [0.1, 0.15) is 0 Å². The van der Waals surface area contributed by atoms with E-state index in [-0.39, 0.29) is 24.8 Å². The summed E-state index contributed by atoms with van der Waals surface area (Å²) in [6.07, 6.45) is 6.19. The van der Waals surface area contributed by atoms with Gasteiger partial charge in [-0.1, -0.05) is 0 Å². The topological polar surface area (TPSA) is 0 Å². The molecule has 0 N–H and O–H groups in total. The Labute approximate surface area is 240 Å². The van der Waals surface area contributed by atoms with Crippen LogP contribution in [-0.2, 0) is 35.3 Å². The monoisotopic (exact) mass is 600 g/mol. The van der Waals surface area contributed by atoms with Gasteiger partial charge >= 0.3 is 217 Å². The fraction of sp³-hybridized carbons (Fsp3) is 0.125. The molecule has 0 bridgehead atoms. The summed E-state index contributed by atoms with van der Waals surface area (Å²) in [6, 6.07) is 43.2. The molecule has 0 aromatic heterocycles. The van der Waals surface area contributed by atoms with Gasteiger partial charge in [-0.2, -0.15) is 0 Å². The number of fused-ring (bicyclic) bond motifs is 3. The molecule has 0 nitrogen and oxygen atoms in total. The van der Waals surface area contributed by atoms with Gasteiger partial charge in [0.05, 0.1) is 0 Å². The first-order valence-corrected chi connectivity index (χ1v) is 17.1. The summed E-state index contributed by atoms with van der Waals surface area (Å²) in [5.74, 6) is 0. The summed E-state index contributed by atoms with van der Waals surface area (Å²) >= 11 is -0.831. The van der Waals surface area contributed by atoms with Crippen LogP contribution in [0.3, 0.4) is 0 Å². The minimum atomic E-state index is -1.20. The standard InChI is InChI=1S/C19H19Si.C13H9.2ClH.Zr/c1-3-9-17(10-4-1)15-20(19-13-7-8-14-19)16-18-11-5-2-6-12-18;1-3-7-12-10(5-1)9-11-6-2-4-8-13(11)12;;;/h1-7,9-13,20H,8,15-16H2;1-9H;2*1H;/q;;;;+2/p-2. The summed E-state index contributed by atoms with van der Waals surface area (Å²) in [7, 11) is -1.20. The predicted molar refractivity (Wildman–Crippen MR) is 142 cm³/mol. The molecule has 0 atom stereocenters. The third kappa shape index (κ3) is 5.63. The SMILES string of the molecule is C1=CC([SiH](Cc2ccccc2)Cc2ccccc2)=[C]([Zr+2][CH]2c3ccccc3-c3ccccc32)C1.[Cl-].[Cl-]. The van der Waals surface area contributed by atoms with Crippen LogP contribution in [0.2, 0.25) is 0 Å². The molecule has 0 amide bonds. The van der Waals surface area contributed by atoms with Crippen LogP contribution in [0.25, 0.3) is 11.1 Å². The second-order valence-electron chi connectivity index (χ2n) is 9.37. The summed E-state index contributed by atoms with van der Waals surface area (Å²) in [4.78, 5) is 0. The van der Waals surface area contributed by atoms with E-state index >= 15 is 0 Å². The minimum Gasteiger partial charge on any atom is -1.00 e. The molecule has 4 heteroatoms. The van der Waals surface area contributed by atoms with Crippen molar-refractivity contribution >= 4 is 8.80 Å². The third-order valence-electron chi connectivity index (χ3n) is 7.21. The average molecular weight is 603 g/mol. The number of hydrogen-bond acceptors (Lipinski definition) is 0. The Balaban J connectivity index is 0.00000152. The van der Waals surface area contributed by atoms with E-state index in [1.54, 1.807) is 16.3 Å². The van der Waals surface area contributed by atoms with Crippen molar-refractivity contribution in [1.29, 1.82) is 0 Å². The number of hydrogen-bond donors (Lipinski definition) is 0. The van der Waals surface area contributed by atoms with E-state index in [9.17, 15) is 0 Å². The smallest absolute Gasteiger partial charge is 1.00 e. The van der Waals surface area contributed by atoms with Crippen molar-refractivity contribution in [3.63, 3.8) is 0 Å². The van der Waals surface area contributed by atoms with Crippen LogP contribution in [0, 0.1) is 0 Å². The molecule has 0 radical (unpaired) electrons. The van der Waals surface area contributed by atoms with Gasteiger partial charge in [0.15, 0.2) is 0 Å². The van der Waals surface area contributed by atoms with Crippen molar-refractivity contribution in [3.8, 4) is 11.1 Å². The molecule has 4 aromatic rings. The Morgan fingerprint density at radius 2 is 1.08 bits per heavy atom. The van der Waals surface area contributed by atoms with Gasteiger partial charge in [-0.15, -0.1) is 0 Å². The van der Waals surface area contributed by atoms with Crippen molar-refractivity contribution in [2.75, 3.05) is 0 Å². The first kappa shape index (κ1) is 27.1. The second-order valence-corrected chi connectivity index (χ2v) is 15.8. The molecular formula is C32H28Cl2SiZr. The zero-order valence-corrected chi connectivity index (χ0v) is 25.2. The van der Waals surface area contributed by atoms with Gasteiger partial charge in [0.25, 0.3) is 0 Å². The van der Waals surface area contributed by atoms with Gasteiger partial charge < -0.3 is 24.8 Å². The van der Waals surface area contributed by atoms with Gasteiger partial charge in [0.2, 0.25) is 0 Å². The van der Waals surface area contributed by atoms with Gasteiger partial charge in [-0.3, -0.25) is 0 Å². The van der Waals surface area contributed by atoms with Crippen molar-refractivity contribution < 1.29 is 48.0 Å². The maximum Gasteiger partial charge on any atom is -1.00 e. The molecule has 4 aromatic carbocycles. The molecular weight excluding hydrogens is 575 g/mol. The summed E-state index contributed by atoms with van der Waals surface area (Å²) < 4.78 is 2.49. The summed E-state index contributed by atoms with van der Waals surface area (Å²) in [6.45, 7) is 0. The molecule has 0 aliphatic heterocycles. The van der Waals surface area contributed by atoms with E-state index < -0.39 is 32.0 Å². The van der Waals surface area contributed by atoms with E-state index in [2.05, 4.69) is 121 Å². The minimum absolute atomic E-state index is 0. The molecule has 2 aliphatic rings. The van der Waals surface area contributed by atoms with E-state index in [4.69, 9.17) is 0 Å². The molecule has 2 aliphatic carbocycles. The zero-order chi connectivity index (χ0) is 22.7. The molecule has 178 valence electrons. The third-order valence-corrected chi connectivity index (χ3v) is 15.6. The summed E-state index contributed by atoms with van der Waals surface area (Å²) in [5.41, 5.74) is 9.11. The van der Waals surface area contributed by atoms with E-state index in [0.29, 0.717) is 3.63 Å². The van der Waals surface area contributed by atoms with Crippen LogP contribution >= 0.6 is 0 Å². The first-order chi connectivity index (χ1) is 16.9. The largest absolute Gasteiger partial charge is 1.00 e. The fourth-order valence-corrected chi connectivity index (χ4v) is 15.0. The van der Waals surface area contributed by atoms with Gasteiger partial charge in [0, 0.05) is 0 Å². The predicted octanol–water partition coefficient (Wildman–Crippen LogP) is 1.39.